The summed E-state index contributed by atoms with van der Waals surface area (Å²) in [7, 11) is 0. The summed E-state index contributed by atoms with van der Waals surface area (Å²) < 4.78 is 0. The molecule has 0 atom stereocenters. The average molecular weight is 205 g/mol. The van der Waals surface area contributed by atoms with Crippen LogP contribution in [0.2, 0.25) is 0 Å². The van der Waals surface area contributed by atoms with Gasteiger partial charge < -0.3 is 10.0 Å². The minimum absolute atomic E-state index is 0.280. The zero-order valence-corrected chi connectivity index (χ0v) is 9.94. The lowest BCUT2D eigenvalue weighted by atomic mass is 10.3. The largest absolute Gasteiger partial charge is 0.395 e. The van der Waals surface area contributed by atoms with E-state index in [0.29, 0.717) is 0 Å². The first kappa shape index (κ1) is 13.3. The Hall–Kier alpha value is 0.270. The lowest BCUT2D eigenvalue weighted by Crippen LogP contribution is -2.29. The molecule has 0 aromatic carbocycles. The van der Waals surface area contributed by atoms with Crippen molar-refractivity contribution in [1.82, 2.24) is 4.90 Å². The first-order valence-corrected chi connectivity index (χ1v) is 6.27. The molecule has 0 amide bonds. The molecule has 0 radical (unpaired) electrons. The van der Waals surface area contributed by atoms with Crippen LogP contribution < -0.4 is 0 Å². The standard InChI is InChI=1S/C10H23NOS/c1-4-11(5-7-12)6-8-13-9-10(2)3/h10,12H,4-9H2,1-3H3. The van der Waals surface area contributed by atoms with E-state index in [1.54, 1.807) is 0 Å². The molecule has 0 rings (SSSR count). The molecular weight excluding hydrogens is 182 g/mol. The highest BCUT2D eigenvalue weighted by molar-refractivity contribution is 7.99. The van der Waals surface area contributed by atoms with Crippen molar-refractivity contribution < 1.29 is 5.11 Å². The van der Waals surface area contributed by atoms with Gasteiger partial charge in [0.25, 0.3) is 0 Å². The Labute approximate surface area is 86.7 Å². The second-order valence-corrected chi connectivity index (χ2v) is 4.78. The molecule has 13 heavy (non-hydrogen) atoms. The molecule has 80 valence electrons. The van der Waals surface area contributed by atoms with Gasteiger partial charge in [-0.1, -0.05) is 20.8 Å². The highest BCUT2D eigenvalue weighted by Gasteiger charge is 2.01. The van der Waals surface area contributed by atoms with Gasteiger partial charge in [0.1, 0.15) is 0 Å². The van der Waals surface area contributed by atoms with Crippen molar-refractivity contribution in [2.45, 2.75) is 20.8 Å². The van der Waals surface area contributed by atoms with Crippen LogP contribution in [0, 0.1) is 5.92 Å². The van der Waals surface area contributed by atoms with E-state index >= 15 is 0 Å². The second-order valence-electron chi connectivity index (χ2n) is 3.63. The zero-order chi connectivity index (χ0) is 10.1. The predicted molar refractivity (Wildman–Crippen MR) is 61.4 cm³/mol. The molecule has 1 N–H and O–H groups in total. The number of thioether (sulfide) groups is 1. The Morgan fingerprint density at radius 3 is 2.46 bits per heavy atom. The summed E-state index contributed by atoms with van der Waals surface area (Å²) >= 11 is 2.01. The fraction of sp³-hybridized carbons (Fsp3) is 1.00. The minimum atomic E-state index is 0.280. The highest BCUT2D eigenvalue weighted by atomic mass is 32.2. The first-order chi connectivity index (χ1) is 6.20. The molecule has 0 aliphatic rings. The van der Waals surface area contributed by atoms with Crippen LogP contribution in [0.4, 0.5) is 0 Å². The monoisotopic (exact) mass is 205 g/mol. The third kappa shape index (κ3) is 8.60. The lowest BCUT2D eigenvalue weighted by Gasteiger charge is -2.18. The van der Waals surface area contributed by atoms with Crippen LogP contribution in [0.15, 0.2) is 0 Å². The second kappa shape index (κ2) is 8.85. The maximum Gasteiger partial charge on any atom is 0.0558 e. The number of nitrogens with zero attached hydrogens (tertiary/aromatic N) is 1. The van der Waals surface area contributed by atoms with Crippen LogP contribution in [0.3, 0.4) is 0 Å². The third-order valence-corrected chi connectivity index (χ3v) is 3.24. The number of aliphatic hydroxyl groups is 1. The minimum Gasteiger partial charge on any atom is -0.395 e. The number of aliphatic hydroxyl groups excluding tert-OH is 1. The van der Waals surface area contributed by atoms with E-state index < -0.39 is 0 Å². The van der Waals surface area contributed by atoms with Gasteiger partial charge >= 0.3 is 0 Å². The molecule has 0 aromatic rings. The Bertz CT molecular complexity index is 109. The summed E-state index contributed by atoms with van der Waals surface area (Å²) in [6.07, 6.45) is 0. The molecule has 0 spiro atoms. The Morgan fingerprint density at radius 1 is 1.31 bits per heavy atom. The van der Waals surface area contributed by atoms with Crippen molar-refractivity contribution in [1.29, 1.82) is 0 Å². The molecule has 0 saturated carbocycles. The maximum absolute atomic E-state index is 8.76. The van der Waals surface area contributed by atoms with Crippen molar-refractivity contribution in [3.63, 3.8) is 0 Å². The number of hydrogen-bond donors (Lipinski definition) is 1. The SMILES string of the molecule is CCN(CCO)CCSCC(C)C. The quantitative estimate of drug-likeness (QED) is 0.610. The van der Waals surface area contributed by atoms with E-state index in [-0.39, 0.29) is 6.61 Å². The molecule has 0 saturated heterocycles. The van der Waals surface area contributed by atoms with Gasteiger partial charge in [-0.05, 0) is 18.2 Å². The topological polar surface area (TPSA) is 23.5 Å². The van der Waals surface area contributed by atoms with Gasteiger partial charge in [-0.25, -0.2) is 0 Å². The van der Waals surface area contributed by atoms with Gasteiger partial charge in [-0.2, -0.15) is 11.8 Å². The molecular formula is C10H23NOS. The summed E-state index contributed by atoms with van der Waals surface area (Å²) in [6.45, 7) is 9.89. The van der Waals surface area contributed by atoms with Crippen molar-refractivity contribution in [2.75, 3.05) is 37.7 Å². The molecule has 0 bridgehead atoms. The Kier molecular flexibility index (Phi) is 9.03. The van der Waals surface area contributed by atoms with E-state index in [4.69, 9.17) is 5.11 Å². The van der Waals surface area contributed by atoms with Crippen molar-refractivity contribution >= 4 is 11.8 Å². The summed E-state index contributed by atoms with van der Waals surface area (Å²) in [6, 6.07) is 0. The first-order valence-electron chi connectivity index (χ1n) is 5.11. The lowest BCUT2D eigenvalue weighted by molar-refractivity contribution is 0.209. The fourth-order valence-corrected chi connectivity index (χ4v) is 2.11. The summed E-state index contributed by atoms with van der Waals surface area (Å²) in [5.74, 6) is 3.22. The number of likely N-dealkylation sites (N-methyl/N-ethyl adjacent to an activating group) is 1. The molecule has 0 aliphatic heterocycles. The van der Waals surface area contributed by atoms with E-state index in [0.717, 1.165) is 25.6 Å². The molecule has 0 fully saturated rings. The number of hydrogen-bond acceptors (Lipinski definition) is 3. The predicted octanol–water partition coefficient (Wildman–Crippen LogP) is 1.69. The van der Waals surface area contributed by atoms with Crippen molar-refractivity contribution in [2.24, 2.45) is 5.92 Å². The van der Waals surface area contributed by atoms with Crippen LogP contribution in [-0.4, -0.2) is 47.8 Å². The van der Waals surface area contributed by atoms with Crippen LogP contribution in [0.5, 0.6) is 0 Å². The summed E-state index contributed by atoms with van der Waals surface area (Å²) in [5.41, 5.74) is 0. The average Bonchev–Trinajstić information content (AvgIpc) is 2.10. The van der Waals surface area contributed by atoms with Gasteiger partial charge in [0.2, 0.25) is 0 Å². The molecule has 0 aliphatic carbocycles. The van der Waals surface area contributed by atoms with Gasteiger partial charge in [0, 0.05) is 18.8 Å². The molecule has 3 heteroatoms. The summed E-state index contributed by atoms with van der Waals surface area (Å²) in [4.78, 5) is 2.29. The Morgan fingerprint density at radius 2 is 2.00 bits per heavy atom. The van der Waals surface area contributed by atoms with Crippen LogP contribution >= 0.6 is 11.8 Å². The van der Waals surface area contributed by atoms with Gasteiger partial charge in [0.05, 0.1) is 6.61 Å². The maximum atomic E-state index is 8.76. The smallest absolute Gasteiger partial charge is 0.0558 e. The van der Waals surface area contributed by atoms with Crippen LogP contribution in [-0.2, 0) is 0 Å². The van der Waals surface area contributed by atoms with Crippen molar-refractivity contribution in [3.05, 3.63) is 0 Å². The van der Waals surface area contributed by atoms with Gasteiger partial charge in [0.15, 0.2) is 0 Å². The highest BCUT2D eigenvalue weighted by Crippen LogP contribution is 2.07. The zero-order valence-electron chi connectivity index (χ0n) is 9.12. The van der Waals surface area contributed by atoms with Gasteiger partial charge in [-0.3, -0.25) is 0 Å². The molecule has 0 aromatic heterocycles. The molecule has 0 unspecified atom stereocenters. The summed E-state index contributed by atoms with van der Waals surface area (Å²) in [5, 5.41) is 8.76. The van der Waals surface area contributed by atoms with E-state index in [1.165, 1.54) is 11.5 Å². The molecule has 2 nitrogen and oxygen atoms in total. The fourth-order valence-electron chi connectivity index (χ4n) is 1.08. The molecule has 0 heterocycles. The normalized spacial score (nSPS) is 11.5. The number of rotatable bonds is 8. The van der Waals surface area contributed by atoms with Crippen LogP contribution in [0.25, 0.3) is 0 Å². The Balaban J connectivity index is 3.27. The van der Waals surface area contributed by atoms with Gasteiger partial charge in [-0.15, -0.1) is 0 Å². The van der Waals surface area contributed by atoms with E-state index in [2.05, 4.69) is 25.7 Å². The van der Waals surface area contributed by atoms with Crippen molar-refractivity contribution in [3.8, 4) is 0 Å². The van der Waals surface area contributed by atoms with E-state index in [9.17, 15) is 0 Å². The third-order valence-electron chi connectivity index (χ3n) is 1.87. The van der Waals surface area contributed by atoms with Crippen LogP contribution in [0.1, 0.15) is 20.8 Å². The van der Waals surface area contributed by atoms with E-state index in [1.807, 2.05) is 11.8 Å².